The lowest BCUT2D eigenvalue weighted by Crippen LogP contribution is -2.42. The summed E-state index contributed by atoms with van der Waals surface area (Å²) in [6, 6.07) is 10.8. The van der Waals surface area contributed by atoms with Crippen LogP contribution in [0.3, 0.4) is 0 Å². The highest BCUT2D eigenvalue weighted by molar-refractivity contribution is 5.79. The number of ether oxygens (including phenoxy) is 1. The maximum absolute atomic E-state index is 5.57. The Balaban J connectivity index is 2.31. The van der Waals surface area contributed by atoms with Gasteiger partial charge in [-0.05, 0) is 32.5 Å². The molecule has 0 aliphatic rings. The molecule has 0 saturated heterocycles. The lowest BCUT2D eigenvalue weighted by Gasteiger charge is -2.26. The minimum Gasteiger partial charge on any atom is -0.381 e. The Morgan fingerprint density at radius 3 is 2.46 bits per heavy atom. The van der Waals surface area contributed by atoms with Crippen LogP contribution < -0.4 is 10.6 Å². The van der Waals surface area contributed by atoms with E-state index in [1.165, 1.54) is 12.0 Å². The smallest absolute Gasteiger partial charge is 0.191 e. The second-order valence-corrected chi connectivity index (χ2v) is 6.09. The van der Waals surface area contributed by atoms with Gasteiger partial charge in [0.15, 0.2) is 5.96 Å². The third-order valence-corrected chi connectivity index (χ3v) is 3.89. The highest BCUT2D eigenvalue weighted by Crippen LogP contribution is 2.16. The SMILES string of the molecule is CCCCOCCCNC(=NC)NCC(c1ccccc1)N(C)C. The quantitative estimate of drug-likeness (QED) is 0.371. The fourth-order valence-electron chi connectivity index (χ4n) is 2.42. The molecule has 1 aromatic carbocycles. The van der Waals surface area contributed by atoms with Gasteiger partial charge in [-0.3, -0.25) is 4.99 Å². The van der Waals surface area contributed by atoms with Gasteiger partial charge in [-0.25, -0.2) is 0 Å². The molecule has 1 rings (SSSR count). The molecular weight excluding hydrogens is 300 g/mol. The normalized spacial score (nSPS) is 13.1. The number of unbranched alkanes of at least 4 members (excludes halogenated alkanes) is 1. The van der Waals surface area contributed by atoms with Crippen LogP contribution in [0.25, 0.3) is 0 Å². The summed E-state index contributed by atoms with van der Waals surface area (Å²) in [7, 11) is 6.01. The van der Waals surface area contributed by atoms with Gasteiger partial charge in [-0.1, -0.05) is 43.7 Å². The average Bonchev–Trinajstić information content (AvgIpc) is 2.60. The van der Waals surface area contributed by atoms with Crippen molar-refractivity contribution in [3.63, 3.8) is 0 Å². The summed E-state index contributed by atoms with van der Waals surface area (Å²) < 4.78 is 5.57. The number of nitrogens with one attached hydrogen (secondary N) is 2. The van der Waals surface area contributed by atoms with Gasteiger partial charge in [0.1, 0.15) is 0 Å². The predicted molar refractivity (Wildman–Crippen MR) is 103 cm³/mol. The molecule has 24 heavy (non-hydrogen) atoms. The minimum atomic E-state index is 0.308. The second kappa shape index (κ2) is 12.8. The number of hydrogen-bond donors (Lipinski definition) is 2. The van der Waals surface area contributed by atoms with E-state index in [1.54, 1.807) is 7.05 Å². The van der Waals surface area contributed by atoms with E-state index in [4.69, 9.17) is 4.74 Å². The molecule has 0 heterocycles. The van der Waals surface area contributed by atoms with E-state index in [1.807, 2.05) is 6.07 Å². The van der Waals surface area contributed by atoms with E-state index in [0.29, 0.717) is 6.04 Å². The van der Waals surface area contributed by atoms with E-state index < -0.39 is 0 Å². The number of likely N-dealkylation sites (N-methyl/N-ethyl adjacent to an activating group) is 1. The summed E-state index contributed by atoms with van der Waals surface area (Å²) in [6.45, 7) is 5.52. The molecule has 0 aliphatic heterocycles. The Morgan fingerprint density at radius 2 is 1.83 bits per heavy atom. The van der Waals surface area contributed by atoms with Crippen LogP contribution in [-0.4, -0.2) is 58.3 Å². The zero-order valence-corrected chi connectivity index (χ0v) is 15.7. The monoisotopic (exact) mass is 334 g/mol. The van der Waals surface area contributed by atoms with E-state index in [2.05, 4.69) is 65.8 Å². The number of aliphatic imine (C=N–C) groups is 1. The molecule has 0 bridgehead atoms. The van der Waals surface area contributed by atoms with Gasteiger partial charge in [0.05, 0.1) is 6.04 Å². The van der Waals surface area contributed by atoms with Crippen LogP contribution in [0.15, 0.2) is 35.3 Å². The number of hydrogen-bond acceptors (Lipinski definition) is 3. The molecule has 0 aromatic heterocycles. The van der Waals surface area contributed by atoms with E-state index in [-0.39, 0.29) is 0 Å². The highest BCUT2D eigenvalue weighted by Gasteiger charge is 2.14. The molecule has 5 nitrogen and oxygen atoms in total. The van der Waals surface area contributed by atoms with Crippen LogP contribution in [0.4, 0.5) is 0 Å². The van der Waals surface area contributed by atoms with Gasteiger partial charge in [0.25, 0.3) is 0 Å². The Hall–Kier alpha value is -1.59. The van der Waals surface area contributed by atoms with Gasteiger partial charge >= 0.3 is 0 Å². The average molecular weight is 335 g/mol. The van der Waals surface area contributed by atoms with Crippen molar-refractivity contribution >= 4 is 5.96 Å². The van der Waals surface area contributed by atoms with Crippen LogP contribution >= 0.6 is 0 Å². The largest absolute Gasteiger partial charge is 0.381 e. The second-order valence-electron chi connectivity index (χ2n) is 6.09. The molecule has 0 amide bonds. The van der Waals surface area contributed by atoms with Crippen molar-refractivity contribution in [1.29, 1.82) is 0 Å². The lowest BCUT2D eigenvalue weighted by atomic mass is 10.1. The molecule has 5 heteroatoms. The zero-order valence-electron chi connectivity index (χ0n) is 15.7. The first-order valence-corrected chi connectivity index (χ1v) is 8.92. The summed E-state index contributed by atoms with van der Waals surface area (Å²) in [5.41, 5.74) is 1.30. The van der Waals surface area contributed by atoms with Crippen LogP contribution in [-0.2, 0) is 4.74 Å². The first kappa shape index (κ1) is 20.5. The van der Waals surface area contributed by atoms with Gasteiger partial charge in [0, 0.05) is 33.4 Å². The van der Waals surface area contributed by atoms with Crippen molar-refractivity contribution in [2.75, 3.05) is 47.4 Å². The van der Waals surface area contributed by atoms with Crippen LogP contribution in [0, 0.1) is 0 Å². The van der Waals surface area contributed by atoms with Gasteiger partial charge < -0.3 is 20.3 Å². The first-order chi connectivity index (χ1) is 11.7. The maximum atomic E-state index is 5.57. The van der Waals surface area contributed by atoms with Crippen LogP contribution in [0.5, 0.6) is 0 Å². The molecular formula is C19H34N4O. The topological polar surface area (TPSA) is 48.9 Å². The molecule has 0 radical (unpaired) electrons. The van der Waals surface area contributed by atoms with E-state index in [9.17, 15) is 0 Å². The van der Waals surface area contributed by atoms with Crippen LogP contribution in [0.2, 0.25) is 0 Å². The van der Waals surface area contributed by atoms with Crippen molar-refractivity contribution < 1.29 is 4.74 Å². The minimum absolute atomic E-state index is 0.308. The van der Waals surface area contributed by atoms with Gasteiger partial charge in [-0.2, -0.15) is 0 Å². The Bertz CT molecular complexity index is 448. The molecule has 136 valence electrons. The molecule has 1 unspecified atom stereocenters. The zero-order chi connectivity index (χ0) is 17.6. The molecule has 0 aliphatic carbocycles. The summed E-state index contributed by atoms with van der Waals surface area (Å²) in [5.74, 6) is 0.839. The fourth-order valence-corrected chi connectivity index (χ4v) is 2.42. The van der Waals surface area contributed by atoms with Crippen LogP contribution in [0.1, 0.15) is 37.8 Å². The molecule has 1 aromatic rings. The first-order valence-electron chi connectivity index (χ1n) is 8.92. The molecule has 0 saturated carbocycles. The number of rotatable bonds is 11. The van der Waals surface area contributed by atoms with Crippen molar-refractivity contribution in [2.45, 2.75) is 32.2 Å². The third-order valence-electron chi connectivity index (χ3n) is 3.89. The number of guanidine groups is 1. The van der Waals surface area contributed by atoms with E-state index in [0.717, 1.165) is 45.1 Å². The molecule has 2 N–H and O–H groups in total. The summed E-state index contributed by atoms with van der Waals surface area (Å²) in [5, 5.41) is 6.76. The van der Waals surface area contributed by atoms with Crippen molar-refractivity contribution in [2.24, 2.45) is 4.99 Å². The van der Waals surface area contributed by atoms with Gasteiger partial charge in [0.2, 0.25) is 0 Å². The van der Waals surface area contributed by atoms with Crippen molar-refractivity contribution in [3.8, 4) is 0 Å². The maximum Gasteiger partial charge on any atom is 0.191 e. The Morgan fingerprint density at radius 1 is 1.12 bits per heavy atom. The summed E-state index contributed by atoms with van der Waals surface area (Å²) >= 11 is 0. The van der Waals surface area contributed by atoms with E-state index >= 15 is 0 Å². The Labute approximate surface area is 147 Å². The Kier molecular flexibility index (Phi) is 10.9. The van der Waals surface area contributed by atoms with Crippen molar-refractivity contribution in [1.82, 2.24) is 15.5 Å². The molecule has 0 spiro atoms. The summed E-state index contributed by atoms with van der Waals surface area (Å²) in [6.07, 6.45) is 3.31. The molecule has 0 fully saturated rings. The van der Waals surface area contributed by atoms with Gasteiger partial charge in [-0.15, -0.1) is 0 Å². The standard InChI is InChI=1S/C19H34N4O/c1-5-6-14-24-15-10-13-21-19(20-2)22-16-18(23(3)4)17-11-8-7-9-12-17/h7-9,11-12,18H,5-6,10,13-16H2,1-4H3,(H2,20,21,22). The lowest BCUT2D eigenvalue weighted by molar-refractivity contribution is 0.129. The number of nitrogens with zero attached hydrogens (tertiary/aromatic N) is 2. The number of benzene rings is 1. The summed E-state index contributed by atoms with van der Waals surface area (Å²) in [4.78, 5) is 6.51. The van der Waals surface area contributed by atoms with Crippen molar-refractivity contribution in [3.05, 3.63) is 35.9 Å². The third kappa shape index (κ3) is 8.31. The fraction of sp³-hybridized carbons (Fsp3) is 0.632. The molecule has 1 atom stereocenters. The highest BCUT2D eigenvalue weighted by atomic mass is 16.5. The predicted octanol–water partition coefficient (Wildman–Crippen LogP) is 2.66.